The molecule has 0 radical (unpaired) electrons. The van der Waals surface area contributed by atoms with Crippen LogP contribution in [-0.4, -0.2) is 0 Å². The first-order valence-electron chi connectivity index (χ1n) is 6.01. The molecule has 0 aliphatic heterocycles. The molecular formula is C16H12N2O. The van der Waals surface area contributed by atoms with E-state index >= 15 is 0 Å². The molecule has 0 spiro atoms. The van der Waals surface area contributed by atoms with Gasteiger partial charge in [0.05, 0.1) is 0 Å². The second kappa shape index (κ2) is 4.53. The lowest BCUT2D eigenvalue weighted by Gasteiger charge is -2.10. The van der Waals surface area contributed by atoms with Crippen molar-refractivity contribution >= 4 is 22.1 Å². The molecule has 3 rings (SSSR count). The van der Waals surface area contributed by atoms with E-state index in [0.29, 0.717) is 11.4 Å². The van der Waals surface area contributed by atoms with E-state index in [1.165, 1.54) is 0 Å². The summed E-state index contributed by atoms with van der Waals surface area (Å²) in [6, 6.07) is 19.1. The molecule has 0 amide bonds. The standard InChI is InChI=1S/C16H12N2O/c17-16-12-6-2-1-5-11(12)9-10-14(16)13-7-3-4-8-15(13)18-19/h1-10H,17H2. The minimum Gasteiger partial charge on any atom is -0.398 e. The first-order chi connectivity index (χ1) is 9.31. The summed E-state index contributed by atoms with van der Waals surface area (Å²) in [6.07, 6.45) is 0. The van der Waals surface area contributed by atoms with E-state index in [1.54, 1.807) is 12.1 Å². The van der Waals surface area contributed by atoms with Gasteiger partial charge in [0.15, 0.2) is 0 Å². The van der Waals surface area contributed by atoms with Gasteiger partial charge in [0.25, 0.3) is 0 Å². The number of nitroso groups, excluding NO2 is 1. The molecule has 3 aromatic rings. The highest BCUT2D eigenvalue weighted by Gasteiger charge is 2.10. The topological polar surface area (TPSA) is 55.4 Å². The first kappa shape index (κ1) is 11.4. The van der Waals surface area contributed by atoms with E-state index in [-0.39, 0.29) is 0 Å². The summed E-state index contributed by atoms with van der Waals surface area (Å²) in [4.78, 5) is 10.9. The van der Waals surface area contributed by atoms with Crippen LogP contribution in [0.1, 0.15) is 0 Å². The summed E-state index contributed by atoms with van der Waals surface area (Å²) in [5.41, 5.74) is 8.92. The number of anilines is 1. The quantitative estimate of drug-likeness (QED) is 0.536. The zero-order valence-corrected chi connectivity index (χ0v) is 10.2. The van der Waals surface area contributed by atoms with Crippen LogP contribution in [0.25, 0.3) is 21.9 Å². The molecule has 0 heterocycles. The Bertz CT molecular complexity index is 766. The Morgan fingerprint density at radius 1 is 0.789 bits per heavy atom. The maximum Gasteiger partial charge on any atom is 0.115 e. The summed E-state index contributed by atoms with van der Waals surface area (Å²) < 4.78 is 0. The van der Waals surface area contributed by atoms with E-state index in [9.17, 15) is 4.91 Å². The molecule has 3 heteroatoms. The van der Waals surface area contributed by atoms with Crippen LogP contribution < -0.4 is 5.73 Å². The largest absolute Gasteiger partial charge is 0.398 e. The van der Waals surface area contributed by atoms with Crippen LogP contribution in [0.3, 0.4) is 0 Å². The molecule has 92 valence electrons. The van der Waals surface area contributed by atoms with Crippen molar-refractivity contribution in [3.05, 3.63) is 65.6 Å². The highest BCUT2D eigenvalue weighted by Crippen LogP contribution is 2.37. The summed E-state index contributed by atoms with van der Waals surface area (Å²) in [7, 11) is 0. The lowest BCUT2D eigenvalue weighted by Crippen LogP contribution is -1.92. The second-order valence-corrected chi connectivity index (χ2v) is 4.36. The summed E-state index contributed by atoms with van der Waals surface area (Å²) >= 11 is 0. The zero-order valence-electron chi connectivity index (χ0n) is 10.2. The molecule has 0 saturated heterocycles. The van der Waals surface area contributed by atoms with Crippen LogP contribution >= 0.6 is 0 Å². The number of hydrogen-bond donors (Lipinski definition) is 1. The van der Waals surface area contributed by atoms with Crippen LogP contribution in [0.2, 0.25) is 0 Å². The molecule has 0 unspecified atom stereocenters. The van der Waals surface area contributed by atoms with Gasteiger partial charge in [-0.25, -0.2) is 0 Å². The van der Waals surface area contributed by atoms with Crippen molar-refractivity contribution < 1.29 is 0 Å². The van der Waals surface area contributed by atoms with E-state index in [2.05, 4.69) is 5.18 Å². The van der Waals surface area contributed by atoms with Crippen LogP contribution in [0.15, 0.2) is 65.8 Å². The fraction of sp³-hybridized carbons (Fsp3) is 0. The summed E-state index contributed by atoms with van der Waals surface area (Å²) in [5, 5.41) is 5.13. The molecule has 0 saturated carbocycles. The number of nitrogens with zero attached hydrogens (tertiary/aromatic N) is 1. The molecule has 0 atom stereocenters. The number of hydrogen-bond acceptors (Lipinski definition) is 3. The van der Waals surface area contributed by atoms with Gasteiger partial charge in [-0.2, -0.15) is 0 Å². The molecule has 0 aliphatic rings. The molecule has 3 nitrogen and oxygen atoms in total. The van der Waals surface area contributed by atoms with E-state index in [0.717, 1.165) is 21.9 Å². The van der Waals surface area contributed by atoms with Crippen molar-refractivity contribution in [3.63, 3.8) is 0 Å². The van der Waals surface area contributed by atoms with Crippen molar-refractivity contribution in [3.8, 4) is 11.1 Å². The van der Waals surface area contributed by atoms with Gasteiger partial charge in [0.1, 0.15) is 5.69 Å². The highest BCUT2D eigenvalue weighted by atomic mass is 16.3. The molecule has 0 aliphatic carbocycles. The highest BCUT2D eigenvalue weighted by molar-refractivity contribution is 6.01. The average Bonchev–Trinajstić information content (AvgIpc) is 2.48. The molecule has 0 bridgehead atoms. The van der Waals surface area contributed by atoms with Crippen molar-refractivity contribution in [1.29, 1.82) is 0 Å². The Morgan fingerprint density at radius 2 is 1.53 bits per heavy atom. The van der Waals surface area contributed by atoms with Gasteiger partial charge in [0.2, 0.25) is 0 Å². The number of rotatable bonds is 2. The van der Waals surface area contributed by atoms with Crippen molar-refractivity contribution in [1.82, 2.24) is 0 Å². The van der Waals surface area contributed by atoms with Crippen LogP contribution in [0.5, 0.6) is 0 Å². The fourth-order valence-corrected chi connectivity index (χ4v) is 2.31. The Balaban J connectivity index is 2.31. The Morgan fingerprint density at radius 3 is 2.37 bits per heavy atom. The molecule has 19 heavy (non-hydrogen) atoms. The van der Waals surface area contributed by atoms with Crippen LogP contribution in [0.4, 0.5) is 11.4 Å². The van der Waals surface area contributed by atoms with Gasteiger partial charge in [-0.05, 0) is 16.6 Å². The van der Waals surface area contributed by atoms with Gasteiger partial charge >= 0.3 is 0 Å². The maximum atomic E-state index is 10.9. The third kappa shape index (κ3) is 1.85. The molecular weight excluding hydrogens is 236 g/mol. The minimum atomic E-state index is 0.407. The third-order valence-corrected chi connectivity index (χ3v) is 3.26. The smallest absolute Gasteiger partial charge is 0.115 e. The van der Waals surface area contributed by atoms with Crippen LogP contribution in [-0.2, 0) is 0 Å². The minimum absolute atomic E-state index is 0.407. The van der Waals surface area contributed by atoms with Crippen molar-refractivity contribution in [2.24, 2.45) is 5.18 Å². The Labute approximate surface area is 110 Å². The molecule has 0 fully saturated rings. The van der Waals surface area contributed by atoms with Gasteiger partial charge < -0.3 is 5.73 Å². The van der Waals surface area contributed by atoms with Crippen molar-refractivity contribution in [2.75, 3.05) is 5.73 Å². The number of nitrogens with two attached hydrogens (primary N) is 1. The molecule has 3 aromatic carbocycles. The lowest BCUT2D eigenvalue weighted by molar-refractivity contribution is 1.49. The average molecular weight is 248 g/mol. The number of fused-ring (bicyclic) bond motifs is 1. The summed E-state index contributed by atoms with van der Waals surface area (Å²) in [5.74, 6) is 0. The Hall–Kier alpha value is -2.68. The zero-order chi connectivity index (χ0) is 13.2. The van der Waals surface area contributed by atoms with E-state index < -0.39 is 0 Å². The molecule has 2 N–H and O–H groups in total. The fourth-order valence-electron chi connectivity index (χ4n) is 2.31. The van der Waals surface area contributed by atoms with Gasteiger partial charge in [0, 0.05) is 22.2 Å². The first-order valence-corrected chi connectivity index (χ1v) is 6.01. The third-order valence-electron chi connectivity index (χ3n) is 3.26. The van der Waals surface area contributed by atoms with E-state index in [4.69, 9.17) is 5.73 Å². The van der Waals surface area contributed by atoms with Crippen molar-refractivity contribution in [2.45, 2.75) is 0 Å². The van der Waals surface area contributed by atoms with Gasteiger partial charge in [-0.15, -0.1) is 4.91 Å². The SMILES string of the molecule is Nc1c(-c2ccccc2N=O)ccc2ccccc12. The monoisotopic (exact) mass is 248 g/mol. The lowest BCUT2D eigenvalue weighted by atomic mass is 9.97. The Kier molecular flexibility index (Phi) is 2.72. The predicted octanol–water partition coefficient (Wildman–Crippen LogP) is 4.49. The van der Waals surface area contributed by atoms with Crippen LogP contribution in [0, 0.1) is 4.91 Å². The van der Waals surface area contributed by atoms with Gasteiger partial charge in [-0.3, -0.25) is 0 Å². The van der Waals surface area contributed by atoms with E-state index in [1.807, 2.05) is 48.5 Å². The normalized spacial score (nSPS) is 10.5. The second-order valence-electron chi connectivity index (χ2n) is 4.36. The van der Waals surface area contributed by atoms with Gasteiger partial charge in [-0.1, -0.05) is 54.6 Å². The number of benzene rings is 3. The maximum absolute atomic E-state index is 10.9. The predicted molar refractivity (Wildman–Crippen MR) is 79.3 cm³/mol. The number of nitrogen functional groups attached to an aromatic ring is 1. The summed E-state index contributed by atoms with van der Waals surface area (Å²) in [6.45, 7) is 0. The molecule has 0 aromatic heterocycles.